The third kappa shape index (κ3) is 5.00. The van der Waals surface area contributed by atoms with E-state index in [0.717, 1.165) is 5.56 Å². The van der Waals surface area contributed by atoms with Gasteiger partial charge in [-0.1, -0.05) is 11.6 Å². The van der Waals surface area contributed by atoms with Crippen LogP contribution >= 0.6 is 11.6 Å². The van der Waals surface area contributed by atoms with Crippen LogP contribution in [0.25, 0.3) is 0 Å². The number of methoxy groups -OCH3 is 2. The molecule has 0 aliphatic heterocycles. The molecule has 7 nitrogen and oxygen atoms in total. The molecule has 0 fully saturated rings. The molecule has 1 heterocycles. The highest BCUT2D eigenvalue weighted by atomic mass is 35.5. The number of amides is 1. The number of hydrogen-bond acceptors (Lipinski definition) is 6. The molecule has 0 radical (unpaired) electrons. The van der Waals surface area contributed by atoms with Crippen molar-refractivity contribution in [1.29, 1.82) is 0 Å². The van der Waals surface area contributed by atoms with E-state index in [-0.39, 0.29) is 30.1 Å². The van der Waals surface area contributed by atoms with Gasteiger partial charge in [0.05, 0.1) is 26.6 Å². The average Bonchev–Trinajstić information content (AvgIpc) is 2.57. The van der Waals surface area contributed by atoms with E-state index in [4.69, 9.17) is 25.8 Å². The molecule has 0 saturated carbocycles. The summed E-state index contributed by atoms with van der Waals surface area (Å²) in [5.41, 5.74) is 0.794. The number of nitrogens with one attached hydrogen (secondary N) is 1. The van der Waals surface area contributed by atoms with E-state index >= 15 is 0 Å². The molecule has 0 aliphatic rings. The van der Waals surface area contributed by atoms with Gasteiger partial charge in [0.1, 0.15) is 11.5 Å². The topological polar surface area (TPSA) is 82.6 Å². The Morgan fingerprint density at radius 1 is 1.26 bits per heavy atom. The summed E-state index contributed by atoms with van der Waals surface area (Å²) in [5.74, 6) is 1.22. The van der Waals surface area contributed by atoms with Gasteiger partial charge in [-0.2, -0.15) is 4.98 Å². The first-order chi connectivity index (χ1) is 11.1. The van der Waals surface area contributed by atoms with Crippen LogP contribution < -0.4 is 19.5 Å². The zero-order valence-electron chi connectivity index (χ0n) is 12.7. The molecule has 0 unspecified atom stereocenters. The Morgan fingerprint density at radius 2 is 2.09 bits per heavy atom. The van der Waals surface area contributed by atoms with Crippen LogP contribution in [0.5, 0.6) is 17.4 Å². The number of ether oxygens (including phenoxy) is 3. The summed E-state index contributed by atoms with van der Waals surface area (Å²) < 4.78 is 15.6. The lowest BCUT2D eigenvalue weighted by molar-refractivity contribution is -0.123. The molecular formula is C15H16ClN3O4. The van der Waals surface area contributed by atoms with Crippen LogP contribution in [0.1, 0.15) is 5.56 Å². The first-order valence-electron chi connectivity index (χ1n) is 6.70. The Hall–Kier alpha value is -2.54. The molecule has 1 N–H and O–H groups in total. The standard InChI is InChI=1S/C15H16ClN3O4/c1-21-11-3-4-12(22-2)10(5-11)6-18-14(20)9-23-15-8-17-7-13(16)19-15/h3-5,7-8H,6,9H2,1-2H3,(H,18,20). The summed E-state index contributed by atoms with van der Waals surface area (Å²) >= 11 is 5.68. The van der Waals surface area contributed by atoms with Gasteiger partial charge in [0, 0.05) is 12.1 Å². The van der Waals surface area contributed by atoms with Gasteiger partial charge in [-0.3, -0.25) is 9.78 Å². The number of nitrogens with zero attached hydrogens (tertiary/aromatic N) is 2. The van der Waals surface area contributed by atoms with E-state index in [1.807, 2.05) is 0 Å². The molecule has 8 heteroatoms. The number of benzene rings is 1. The molecule has 1 aromatic heterocycles. The third-order valence-electron chi connectivity index (χ3n) is 2.90. The van der Waals surface area contributed by atoms with Gasteiger partial charge < -0.3 is 19.5 Å². The van der Waals surface area contributed by atoms with Crippen LogP contribution in [0, 0.1) is 0 Å². The minimum atomic E-state index is -0.309. The molecule has 1 aromatic carbocycles. The molecular weight excluding hydrogens is 322 g/mol. The van der Waals surface area contributed by atoms with E-state index in [2.05, 4.69) is 15.3 Å². The number of carbonyl (C=O) groups is 1. The lowest BCUT2D eigenvalue weighted by atomic mass is 10.2. The van der Waals surface area contributed by atoms with Gasteiger partial charge in [-0.15, -0.1) is 0 Å². The molecule has 0 atom stereocenters. The molecule has 0 spiro atoms. The van der Waals surface area contributed by atoms with Crippen LogP contribution in [-0.4, -0.2) is 36.7 Å². The van der Waals surface area contributed by atoms with Crippen molar-refractivity contribution in [2.75, 3.05) is 20.8 Å². The van der Waals surface area contributed by atoms with E-state index in [9.17, 15) is 4.79 Å². The highest BCUT2D eigenvalue weighted by Crippen LogP contribution is 2.23. The Labute approximate surface area is 138 Å². The van der Waals surface area contributed by atoms with E-state index in [1.54, 1.807) is 32.4 Å². The number of halogens is 1. The highest BCUT2D eigenvalue weighted by molar-refractivity contribution is 6.29. The average molecular weight is 338 g/mol. The Kier molecular flexibility index (Phi) is 5.99. The monoisotopic (exact) mass is 337 g/mol. The normalized spacial score (nSPS) is 10.0. The van der Waals surface area contributed by atoms with Crippen LogP contribution in [0.2, 0.25) is 5.15 Å². The number of carbonyl (C=O) groups excluding carboxylic acids is 1. The van der Waals surface area contributed by atoms with Crippen molar-refractivity contribution in [3.8, 4) is 17.4 Å². The second-order valence-electron chi connectivity index (χ2n) is 4.42. The SMILES string of the molecule is COc1ccc(OC)c(CNC(=O)COc2cncc(Cl)n2)c1. The van der Waals surface area contributed by atoms with E-state index in [0.29, 0.717) is 11.5 Å². The summed E-state index contributed by atoms with van der Waals surface area (Å²) in [4.78, 5) is 19.5. The van der Waals surface area contributed by atoms with Crippen molar-refractivity contribution in [2.45, 2.75) is 6.54 Å². The fourth-order valence-corrected chi connectivity index (χ4v) is 1.94. The van der Waals surface area contributed by atoms with Crippen LogP contribution in [-0.2, 0) is 11.3 Å². The minimum Gasteiger partial charge on any atom is -0.497 e. The lowest BCUT2D eigenvalue weighted by Crippen LogP contribution is -2.28. The van der Waals surface area contributed by atoms with Crippen molar-refractivity contribution in [3.63, 3.8) is 0 Å². The molecule has 2 aromatic rings. The van der Waals surface area contributed by atoms with Crippen molar-refractivity contribution < 1.29 is 19.0 Å². The van der Waals surface area contributed by atoms with Gasteiger partial charge in [-0.05, 0) is 18.2 Å². The Balaban J connectivity index is 1.89. The fraction of sp³-hybridized carbons (Fsp3) is 0.267. The van der Waals surface area contributed by atoms with E-state index < -0.39 is 0 Å². The first-order valence-corrected chi connectivity index (χ1v) is 7.08. The zero-order valence-corrected chi connectivity index (χ0v) is 13.5. The quantitative estimate of drug-likeness (QED) is 0.830. The van der Waals surface area contributed by atoms with Gasteiger partial charge in [0.15, 0.2) is 11.8 Å². The predicted octanol–water partition coefficient (Wildman–Crippen LogP) is 1.84. The van der Waals surface area contributed by atoms with Crippen molar-refractivity contribution in [2.24, 2.45) is 0 Å². The lowest BCUT2D eigenvalue weighted by Gasteiger charge is -2.11. The number of rotatable bonds is 7. The largest absolute Gasteiger partial charge is 0.497 e. The van der Waals surface area contributed by atoms with Crippen molar-refractivity contribution in [3.05, 3.63) is 41.3 Å². The second-order valence-corrected chi connectivity index (χ2v) is 4.81. The van der Waals surface area contributed by atoms with Crippen molar-refractivity contribution >= 4 is 17.5 Å². The third-order valence-corrected chi connectivity index (χ3v) is 3.08. The molecule has 2 rings (SSSR count). The Bertz CT molecular complexity index is 682. The zero-order chi connectivity index (χ0) is 16.7. The van der Waals surface area contributed by atoms with Gasteiger partial charge in [-0.25, -0.2) is 0 Å². The number of hydrogen-bond donors (Lipinski definition) is 1. The maximum absolute atomic E-state index is 11.8. The van der Waals surface area contributed by atoms with Gasteiger partial charge in [0.2, 0.25) is 5.88 Å². The summed E-state index contributed by atoms with van der Waals surface area (Å²) in [6.45, 7) is 0.0884. The molecule has 1 amide bonds. The summed E-state index contributed by atoms with van der Waals surface area (Å²) in [6.07, 6.45) is 2.76. The van der Waals surface area contributed by atoms with Crippen molar-refractivity contribution in [1.82, 2.24) is 15.3 Å². The van der Waals surface area contributed by atoms with E-state index in [1.165, 1.54) is 12.4 Å². The van der Waals surface area contributed by atoms with Crippen LogP contribution in [0.15, 0.2) is 30.6 Å². The maximum Gasteiger partial charge on any atom is 0.258 e. The van der Waals surface area contributed by atoms with Crippen LogP contribution in [0.3, 0.4) is 0 Å². The minimum absolute atomic E-state index is 0.187. The predicted molar refractivity (Wildman–Crippen MR) is 83.9 cm³/mol. The summed E-state index contributed by atoms with van der Waals surface area (Å²) in [5, 5.41) is 2.93. The maximum atomic E-state index is 11.8. The molecule has 0 saturated heterocycles. The second kappa shape index (κ2) is 8.19. The van der Waals surface area contributed by atoms with Crippen LogP contribution in [0.4, 0.5) is 0 Å². The smallest absolute Gasteiger partial charge is 0.258 e. The summed E-state index contributed by atoms with van der Waals surface area (Å²) in [6, 6.07) is 5.35. The fourth-order valence-electron chi connectivity index (χ4n) is 1.80. The molecule has 0 bridgehead atoms. The molecule has 23 heavy (non-hydrogen) atoms. The number of aromatic nitrogens is 2. The molecule has 0 aliphatic carbocycles. The summed E-state index contributed by atoms with van der Waals surface area (Å²) in [7, 11) is 3.14. The molecule has 122 valence electrons. The highest BCUT2D eigenvalue weighted by Gasteiger charge is 2.08. The van der Waals surface area contributed by atoms with Gasteiger partial charge in [0.25, 0.3) is 5.91 Å². The van der Waals surface area contributed by atoms with Gasteiger partial charge >= 0.3 is 0 Å². The Morgan fingerprint density at radius 3 is 2.78 bits per heavy atom. The first kappa shape index (κ1) is 16.8.